The van der Waals surface area contributed by atoms with Gasteiger partial charge in [-0.3, -0.25) is 9.69 Å². The Morgan fingerprint density at radius 1 is 1.34 bits per heavy atom. The van der Waals surface area contributed by atoms with Crippen molar-refractivity contribution < 1.29 is 34.7 Å². The average Bonchev–Trinajstić information content (AvgIpc) is 3.26. The number of nitrogen functional groups attached to an aromatic ring is 1. The van der Waals surface area contributed by atoms with Crippen molar-refractivity contribution in [2.75, 3.05) is 25.4 Å². The van der Waals surface area contributed by atoms with E-state index in [-0.39, 0.29) is 46.8 Å². The van der Waals surface area contributed by atoms with Crippen LogP contribution in [-0.2, 0) is 17.8 Å². The van der Waals surface area contributed by atoms with Crippen LogP contribution in [0, 0.1) is 5.92 Å². The van der Waals surface area contributed by atoms with Crippen LogP contribution in [0.5, 0.6) is 5.75 Å². The number of likely N-dealkylation sites (tertiary alicyclic amines) is 1. The number of hydrogen-bond donors (Lipinski definition) is 6. The van der Waals surface area contributed by atoms with Crippen LogP contribution in [0.4, 0.5) is 5.13 Å². The van der Waals surface area contributed by atoms with E-state index in [2.05, 4.69) is 20.4 Å². The average molecular weight is 503 g/mol. The number of fused-ring (bicyclic) bond motifs is 1. The number of nitrogens with two attached hydrogens (primary N) is 1. The minimum atomic E-state index is -1.53. The first kappa shape index (κ1) is 24.9. The second-order valence-corrected chi connectivity index (χ2v) is 9.50. The highest BCUT2D eigenvalue weighted by Gasteiger charge is 2.39. The summed E-state index contributed by atoms with van der Waals surface area (Å²) < 4.78 is 5.60. The third-order valence-electron chi connectivity index (χ3n) is 6.32. The molecule has 7 N–H and O–H groups in total. The Morgan fingerprint density at radius 3 is 2.69 bits per heavy atom. The molecule has 0 radical (unpaired) electrons. The number of anilines is 1. The van der Waals surface area contributed by atoms with Gasteiger partial charge in [-0.1, -0.05) is 17.3 Å². The number of oxime groups is 1. The molecule has 1 unspecified atom stereocenters. The number of benzene rings is 1. The summed E-state index contributed by atoms with van der Waals surface area (Å²) in [5.41, 5.74) is 6.33. The fraction of sp³-hybridized carbons (Fsp3) is 0.429. The van der Waals surface area contributed by atoms with Gasteiger partial charge in [-0.25, -0.2) is 9.78 Å². The third-order valence-corrected chi connectivity index (χ3v) is 6.99. The summed E-state index contributed by atoms with van der Waals surface area (Å²) in [5, 5.41) is 46.3. The molecule has 1 amide bonds. The molecule has 0 spiro atoms. The van der Waals surface area contributed by atoms with E-state index in [1.54, 1.807) is 12.1 Å². The van der Waals surface area contributed by atoms with E-state index in [9.17, 15) is 30.0 Å². The molecule has 1 aromatic carbocycles. The zero-order valence-electron chi connectivity index (χ0n) is 18.8. The van der Waals surface area contributed by atoms with Crippen LogP contribution in [-0.4, -0.2) is 80.7 Å². The van der Waals surface area contributed by atoms with E-state index in [0.29, 0.717) is 17.7 Å². The van der Waals surface area contributed by atoms with Gasteiger partial charge >= 0.3 is 13.1 Å². The number of nitrogens with zero attached hydrogens (tertiary/aromatic N) is 3. The number of hydrogen-bond acceptors (Lipinski definition) is 11. The molecule has 14 heteroatoms. The molecule has 1 atom stereocenters. The highest BCUT2D eigenvalue weighted by molar-refractivity contribution is 7.13. The van der Waals surface area contributed by atoms with Crippen molar-refractivity contribution in [2.24, 2.45) is 11.1 Å². The van der Waals surface area contributed by atoms with Crippen molar-refractivity contribution in [2.45, 2.75) is 31.7 Å². The van der Waals surface area contributed by atoms with E-state index in [1.807, 2.05) is 0 Å². The highest BCUT2D eigenvalue weighted by Crippen LogP contribution is 2.34. The fourth-order valence-electron chi connectivity index (χ4n) is 4.41. The molecule has 0 bridgehead atoms. The lowest BCUT2D eigenvalue weighted by Crippen LogP contribution is -2.54. The standard InChI is InChI=1S/C21H26BN5O7S/c23-21-24-14(10-35-21)17(26-33)19(29)25-15-7-12-1-2-13(8-27-5-3-11(9-28)4-6-27)16(20(30)31)18(12)34-22(15)32/h1-2,10-11,15,28,32-33H,3-9H2,(H2,23,24)(H,25,29)(H,30,31)/b26-17-. The van der Waals surface area contributed by atoms with Gasteiger partial charge < -0.3 is 36.1 Å². The molecule has 1 aromatic heterocycles. The molecule has 0 saturated carbocycles. The van der Waals surface area contributed by atoms with E-state index in [1.165, 1.54) is 5.38 Å². The first-order valence-electron chi connectivity index (χ1n) is 11.1. The van der Waals surface area contributed by atoms with Gasteiger partial charge in [0.25, 0.3) is 5.91 Å². The Balaban J connectivity index is 1.51. The van der Waals surface area contributed by atoms with E-state index < -0.39 is 24.9 Å². The van der Waals surface area contributed by atoms with Gasteiger partial charge in [0.2, 0.25) is 0 Å². The van der Waals surface area contributed by atoms with E-state index in [4.69, 9.17) is 10.4 Å². The molecule has 2 aliphatic rings. The highest BCUT2D eigenvalue weighted by atomic mass is 32.1. The van der Waals surface area contributed by atoms with Gasteiger partial charge in [0.05, 0.1) is 5.94 Å². The quantitative estimate of drug-likeness (QED) is 0.129. The van der Waals surface area contributed by atoms with Crippen molar-refractivity contribution in [3.63, 3.8) is 0 Å². The normalized spacial score (nSPS) is 19.2. The number of aromatic carboxylic acids is 1. The lowest BCUT2D eigenvalue weighted by Gasteiger charge is -2.33. The molecule has 3 heterocycles. The van der Waals surface area contributed by atoms with Crippen molar-refractivity contribution >= 4 is 41.2 Å². The van der Waals surface area contributed by atoms with Gasteiger partial charge in [-0.15, -0.1) is 11.3 Å². The van der Waals surface area contributed by atoms with Gasteiger partial charge in [-0.2, -0.15) is 0 Å². The number of aliphatic hydroxyl groups is 1. The topological polar surface area (TPSA) is 191 Å². The monoisotopic (exact) mass is 503 g/mol. The second-order valence-electron chi connectivity index (χ2n) is 8.61. The number of nitrogens with one attached hydrogen (secondary N) is 1. The largest absolute Gasteiger partial charge is 0.547 e. The number of piperidine rings is 1. The van der Waals surface area contributed by atoms with Gasteiger partial charge in [0.15, 0.2) is 10.8 Å². The maximum atomic E-state index is 12.6. The van der Waals surface area contributed by atoms with Crippen molar-refractivity contribution in [1.29, 1.82) is 0 Å². The summed E-state index contributed by atoms with van der Waals surface area (Å²) in [7, 11) is -1.53. The second kappa shape index (κ2) is 10.6. The number of thiazole rings is 1. The third kappa shape index (κ3) is 5.40. The molecule has 4 rings (SSSR count). The lowest BCUT2D eigenvalue weighted by atomic mass is 9.72. The summed E-state index contributed by atoms with van der Waals surface area (Å²) in [6.07, 6.45) is 1.78. The molecule has 2 aliphatic heterocycles. The smallest absolute Gasteiger partial charge is 0.534 e. The molecule has 2 aromatic rings. The Kier molecular flexibility index (Phi) is 7.55. The van der Waals surface area contributed by atoms with Crippen LogP contribution in [0.3, 0.4) is 0 Å². The Morgan fingerprint density at radius 2 is 2.09 bits per heavy atom. The van der Waals surface area contributed by atoms with Crippen molar-refractivity contribution in [3.05, 3.63) is 39.9 Å². The van der Waals surface area contributed by atoms with E-state index >= 15 is 0 Å². The van der Waals surface area contributed by atoms with Crippen molar-refractivity contribution in [1.82, 2.24) is 15.2 Å². The zero-order valence-corrected chi connectivity index (χ0v) is 19.6. The SMILES string of the molecule is Nc1nc(/C(=N/O)C(=O)NC2Cc3ccc(CN4CCC(CO)CC4)c(C(=O)O)c3OB2O)cs1. The molecular weight excluding hydrogens is 477 g/mol. The number of aliphatic hydroxyl groups excluding tert-OH is 1. The Bertz CT molecular complexity index is 1140. The zero-order chi connectivity index (χ0) is 25.1. The molecule has 0 aliphatic carbocycles. The number of carboxylic acid groups (broad SMARTS) is 1. The summed E-state index contributed by atoms with van der Waals surface area (Å²) in [4.78, 5) is 30.8. The first-order valence-corrected chi connectivity index (χ1v) is 12.0. The molecule has 1 fully saturated rings. The summed E-state index contributed by atoms with van der Waals surface area (Å²) in [5.74, 6) is -2.55. The van der Waals surface area contributed by atoms with Crippen LogP contribution < -0.4 is 15.7 Å². The van der Waals surface area contributed by atoms with Gasteiger partial charge in [-0.05, 0) is 49.4 Å². The molecular formula is C21H26BN5O7S. The summed E-state index contributed by atoms with van der Waals surface area (Å²) >= 11 is 1.07. The number of rotatable bonds is 7. The number of carboxylic acids is 1. The lowest BCUT2D eigenvalue weighted by molar-refractivity contribution is -0.115. The first-order chi connectivity index (χ1) is 16.8. The predicted octanol–water partition coefficient (Wildman–Crippen LogP) is -0.0543. The molecule has 12 nitrogen and oxygen atoms in total. The Hall–Kier alpha value is -3.20. The summed E-state index contributed by atoms with van der Waals surface area (Å²) in [6, 6.07) is 3.45. The molecule has 1 saturated heterocycles. The summed E-state index contributed by atoms with van der Waals surface area (Å²) in [6.45, 7) is 2.05. The minimum Gasteiger partial charge on any atom is -0.534 e. The number of amides is 1. The Labute approximate surface area is 205 Å². The van der Waals surface area contributed by atoms with Crippen molar-refractivity contribution in [3.8, 4) is 5.75 Å². The maximum Gasteiger partial charge on any atom is 0.547 e. The van der Waals surface area contributed by atoms with Crippen LogP contribution in [0.15, 0.2) is 22.7 Å². The fourth-order valence-corrected chi connectivity index (χ4v) is 4.95. The number of carbonyl (C=O) groups excluding carboxylic acids is 1. The van der Waals surface area contributed by atoms with Crippen LogP contribution in [0.25, 0.3) is 0 Å². The van der Waals surface area contributed by atoms with E-state index in [0.717, 1.165) is 37.3 Å². The minimum absolute atomic E-state index is 0.0221. The van der Waals surface area contributed by atoms with Gasteiger partial charge in [0, 0.05) is 18.5 Å². The number of carbonyl (C=O) groups is 2. The van der Waals surface area contributed by atoms with Crippen LogP contribution in [0.1, 0.15) is 40.0 Å². The van der Waals surface area contributed by atoms with Gasteiger partial charge in [0.1, 0.15) is 17.0 Å². The maximum absolute atomic E-state index is 12.6. The van der Waals surface area contributed by atoms with Crippen LogP contribution in [0.2, 0.25) is 0 Å². The molecule has 35 heavy (non-hydrogen) atoms. The van der Waals surface area contributed by atoms with Crippen LogP contribution >= 0.6 is 11.3 Å². The number of aromatic nitrogens is 1. The predicted molar refractivity (Wildman–Crippen MR) is 128 cm³/mol. The molecule has 186 valence electrons.